The molecule has 0 spiro atoms. The number of rotatable bonds is 1. The Kier molecular flexibility index (Phi) is 2.24. The standard InChI is InChI=1S/C10H10ClF2N/c11-6-4-7(12)9(8(13)5-6)10(14)2-1-3-10/h4-5H,1-3,14H2. The molecule has 4 heteroatoms. The van der Waals surface area contributed by atoms with Crippen LogP contribution in [0.3, 0.4) is 0 Å². The molecule has 1 fully saturated rings. The highest BCUT2D eigenvalue weighted by atomic mass is 35.5. The van der Waals surface area contributed by atoms with Gasteiger partial charge in [-0.3, -0.25) is 0 Å². The van der Waals surface area contributed by atoms with Crippen molar-refractivity contribution >= 4 is 11.6 Å². The van der Waals surface area contributed by atoms with Gasteiger partial charge in [0.1, 0.15) is 11.6 Å². The molecule has 0 radical (unpaired) electrons. The number of hydrogen-bond acceptors (Lipinski definition) is 1. The molecular formula is C10H10ClF2N. The van der Waals surface area contributed by atoms with Gasteiger partial charge < -0.3 is 5.73 Å². The summed E-state index contributed by atoms with van der Waals surface area (Å²) in [5, 5.41) is 0.0617. The van der Waals surface area contributed by atoms with E-state index in [0.717, 1.165) is 18.6 Å². The molecular weight excluding hydrogens is 208 g/mol. The highest BCUT2D eigenvalue weighted by Crippen LogP contribution is 2.41. The van der Waals surface area contributed by atoms with Crippen molar-refractivity contribution in [1.29, 1.82) is 0 Å². The van der Waals surface area contributed by atoms with E-state index in [2.05, 4.69) is 0 Å². The molecule has 1 aliphatic carbocycles. The summed E-state index contributed by atoms with van der Waals surface area (Å²) in [5.74, 6) is -1.28. The quantitative estimate of drug-likeness (QED) is 0.769. The molecule has 2 N–H and O–H groups in total. The predicted octanol–water partition coefficient (Wildman–Crippen LogP) is 2.96. The van der Waals surface area contributed by atoms with Gasteiger partial charge in [-0.2, -0.15) is 0 Å². The minimum atomic E-state index is -0.821. The zero-order valence-electron chi connectivity index (χ0n) is 7.49. The van der Waals surface area contributed by atoms with Gasteiger partial charge in [-0.15, -0.1) is 0 Å². The van der Waals surface area contributed by atoms with Gasteiger partial charge in [0.05, 0.1) is 0 Å². The van der Waals surface area contributed by atoms with Gasteiger partial charge >= 0.3 is 0 Å². The maximum absolute atomic E-state index is 13.4. The summed E-state index contributed by atoms with van der Waals surface area (Å²) in [6.07, 6.45) is 2.17. The average Bonchev–Trinajstić information content (AvgIpc) is 1.99. The van der Waals surface area contributed by atoms with E-state index >= 15 is 0 Å². The number of benzene rings is 1. The molecule has 0 saturated heterocycles. The third kappa shape index (κ3) is 1.41. The maximum Gasteiger partial charge on any atom is 0.132 e. The molecule has 1 saturated carbocycles. The molecule has 0 unspecified atom stereocenters. The van der Waals surface area contributed by atoms with Crippen LogP contribution in [-0.4, -0.2) is 0 Å². The lowest BCUT2D eigenvalue weighted by Crippen LogP contribution is -2.44. The molecule has 1 nitrogen and oxygen atoms in total. The molecule has 0 bridgehead atoms. The average molecular weight is 218 g/mol. The van der Waals surface area contributed by atoms with Crippen LogP contribution >= 0.6 is 11.6 Å². The lowest BCUT2D eigenvalue weighted by Gasteiger charge is -2.38. The van der Waals surface area contributed by atoms with E-state index in [1.165, 1.54) is 0 Å². The van der Waals surface area contributed by atoms with Crippen molar-refractivity contribution < 1.29 is 8.78 Å². The van der Waals surface area contributed by atoms with Crippen molar-refractivity contribution in [3.8, 4) is 0 Å². The van der Waals surface area contributed by atoms with Crippen molar-refractivity contribution in [2.75, 3.05) is 0 Å². The Morgan fingerprint density at radius 2 is 1.71 bits per heavy atom. The minimum Gasteiger partial charge on any atom is -0.321 e. The van der Waals surface area contributed by atoms with Crippen LogP contribution in [0.4, 0.5) is 8.78 Å². The van der Waals surface area contributed by atoms with Gasteiger partial charge in [0.25, 0.3) is 0 Å². The summed E-state index contributed by atoms with van der Waals surface area (Å²) in [6.45, 7) is 0. The van der Waals surface area contributed by atoms with E-state index in [1.807, 2.05) is 0 Å². The van der Waals surface area contributed by atoms with Crippen LogP contribution in [0.15, 0.2) is 12.1 Å². The Morgan fingerprint density at radius 1 is 1.21 bits per heavy atom. The number of hydrogen-bond donors (Lipinski definition) is 1. The number of nitrogens with two attached hydrogens (primary N) is 1. The molecule has 0 aromatic heterocycles. The molecule has 0 atom stereocenters. The van der Waals surface area contributed by atoms with Crippen LogP contribution in [0.5, 0.6) is 0 Å². The lowest BCUT2D eigenvalue weighted by molar-refractivity contribution is 0.236. The lowest BCUT2D eigenvalue weighted by atomic mass is 9.72. The smallest absolute Gasteiger partial charge is 0.132 e. The second kappa shape index (κ2) is 3.17. The Morgan fingerprint density at radius 3 is 2.07 bits per heavy atom. The fraction of sp³-hybridized carbons (Fsp3) is 0.400. The summed E-state index contributed by atoms with van der Waals surface area (Å²) in [7, 11) is 0. The Hall–Kier alpha value is -0.670. The summed E-state index contributed by atoms with van der Waals surface area (Å²) >= 11 is 5.51. The van der Waals surface area contributed by atoms with Crippen molar-refractivity contribution in [2.45, 2.75) is 24.8 Å². The van der Waals surface area contributed by atoms with Crippen molar-refractivity contribution in [3.63, 3.8) is 0 Å². The van der Waals surface area contributed by atoms with Gasteiger partial charge in [-0.25, -0.2) is 8.78 Å². The molecule has 14 heavy (non-hydrogen) atoms. The maximum atomic E-state index is 13.4. The predicted molar refractivity (Wildman–Crippen MR) is 51.1 cm³/mol. The van der Waals surface area contributed by atoms with Crippen LogP contribution in [0, 0.1) is 11.6 Å². The summed E-state index contributed by atoms with van der Waals surface area (Å²) in [4.78, 5) is 0. The Labute approximate surface area is 85.9 Å². The molecule has 0 amide bonds. The highest BCUT2D eigenvalue weighted by Gasteiger charge is 2.39. The Balaban J connectivity index is 2.52. The summed E-state index contributed by atoms with van der Waals surface area (Å²) in [5.41, 5.74) is 5.01. The second-order valence-electron chi connectivity index (χ2n) is 3.75. The normalized spacial score (nSPS) is 19.1. The van der Waals surface area contributed by atoms with E-state index in [4.69, 9.17) is 17.3 Å². The van der Waals surface area contributed by atoms with Crippen molar-refractivity contribution in [3.05, 3.63) is 34.4 Å². The van der Waals surface area contributed by atoms with Gasteiger partial charge in [0.15, 0.2) is 0 Å². The minimum absolute atomic E-state index is 0.0202. The molecule has 0 aliphatic heterocycles. The monoisotopic (exact) mass is 217 g/mol. The van der Waals surface area contributed by atoms with Crippen LogP contribution in [0.2, 0.25) is 5.02 Å². The van der Waals surface area contributed by atoms with Crippen LogP contribution in [0.25, 0.3) is 0 Å². The SMILES string of the molecule is NC1(c2c(F)cc(Cl)cc2F)CCC1. The third-order valence-electron chi connectivity index (χ3n) is 2.75. The first-order chi connectivity index (χ1) is 6.53. The third-order valence-corrected chi connectivity index (χ3v) is 2.97. The number of halogens is 3. The van der Waals surface area contributed by atoms with E-state index in [9.17, 15) is 8.78 Å². The van der Waals surface area contributed by atoms with Crippen molar-refractivity contribution in [2.24, 2.45) is 5.73 Å². The molecule has 0 heterocycles. The highest BCUT2D eigenvalue weighted by molar-refractivity contribution is 6.30. The van der Waals surface area contributed by atoms with E-state index in [-0.39, 0.29) is 10.6 Å². The zero-order valence-corrected chi connectivity index (χ0v) is 8.24. The first-order valence-corrected chi connectivity index (χ1v) is 4.85. The van der Waals surface area contributed by atoms with Crippen LogP contribution < -0.4 is 5.73 Å². The molecule has 1 aromatic rings. The van der Waals surface area contributed by atoms with Gasteiger partial charge in [0, 0.05) is 16.1 Å². The largest absolute Gasteiger partial charge is 0.321 e. The first kappa shape index (κ1) is 9.87. The Bertz CT molecular complexity index is 351. The first-order valence-electron chi connectivity index (χ1n) is 4.47. The summed E-state index contributed by atoms with van der Waals surface area (Å²) in [6, 6.07) is 2.21. The van der Waals surface area contributed by atoms with E-state index in [0.29, 0.717) is 12.8 Å². The zero-order chi connectivity index (χ0) is 10.3. The van der Waals surface area contributed by atoms with Gasteiger partial charge in [-0.05, 0) is 31.4 Å². The van der Waals surface area contributed by atoms with Crippen molar-refractivity contribution in [1.82, 2.24) is 0 Å². The molecule has 1 aliphatic rings. The van der Waals surface area contributed by atoms with Gasteiger partial charge in [0.2, 0.25) is 0 Å². The molecule has 76 valence electrons. The summed E-state index contributed by atoms with van der Waals surface area (Å²) < 4.78 is 26.8. The van der Waals surface area contributed by atoms with E-state index in [1.54, 1.807) is 0 Å². The topological polar surface area (TPSA) is 26.0 Å². The van der Waals surface area contributed by atoms with Crippen LogP contribution in [-0.2, 0) is 5.54 Å². The van der Waals surface area contributed by atoms with E-state index < -0.39 is 17.2 Å². The second-order valence-corrected chi connectivity index (χ2v) is 4.19. The van der Waals surface area contributed by atoms with Crippen LogP contribution in [0.1, 0.15) is 24.8 Å². The fourth-order valence-electron chi connectivity index (χ4n) is 1.83. The fourth-order valence-corrected chi connectivity index (χ4v) is 2.02. The van der Waals surface area contributed by atoms with Gasteiger partial charge in [-0.1, -0.05) is 11.6 Å². The molecule has 1 aromatic carbocycles. The molecule has 2 rings (SSSR count).